The largest absolute Gasteiger partial charge is 0.352 e. The van der Waals surface area contributed by atoms with Gasteiger partial charge in [-0.05, 0) is 48.1 Å². The Balaban J connectivity index is 1.57. The third-order valence-corrected chi connectivity index (χ3v) is 4.76. The highest BCUT2D eigenvalue weighted by atomic mass is 16.2. The number of carbonyl (C=O) groups is 2. The minimum atomic E-state index is -0.0606. The molecule has 0 saturated carbocycles. The van der Waals surface area contributed by atoms with Crippen molar-refractivity contribution in [1.82, 2.24) is 10.6 Å². The number of hydrogen-bond donors (Lipinski definition) is 2. The Kier molecular flexibility index (Phi) is 5.49. The van der Waals surface area contributed by atoms with Crippen LogP contribution < -0.4 is 10.6 Å². The molecule has 130 valence electrons. The summed E-state index contributed by atoms with van der Waals surface area (Å²) < 4.78 is 0. The summed E-state index contributed by atoms with van der Waals surface area (Å²) in [6.07, 6.45) is 3.43. The van der Waals surface area contributed by atoms with Gasteiger partial charge in [-0.2, -0.15) is 0 Å². The molecule has 0 spiro atoms. The lowest BCUT2D eigenvalue weighted by atomic mass is 9.83. The summed E-state index contributed by atoms with van der Waals surface area (Å²) in [6.45, 7) is 2.64. The standard InChI is InChI=1S/C21H24N2O2/c1-15(24)22-13-16-9-11-18(12-10-16)21(25)23-14-19-7-4-6-17-5-2-3-8-20(17)19/h2-3,5,8-12,19H,4,6-7,13-14H2,1H3,(H,22,24)(H,23,25). The van der Waals surface area contributed by atoms with E-state index < -0.39 is 0 Å². The van der Waals surface area contributed by atoms with Crippen molar-refractivity contribution in [3.8, 4) is 0 Å². The van der Waals surface area contributed by atoms with Crippen LogP contribution in [0.1, 0.15) is 52.7 Å². The number of benzene rings is 2. The summed E-state index contributed by atoms with van der Waals surface area (Å²) in [7, 11) is 0. The molecule has 4 nitrogen and oxygen atoms in total. The lowest BCUT2D eigenvalue weighted by Crippen LogP contribution is -2.30. The van der Waals surface area contributed by atoms with Crippen LogP contribution in [0.3, 0.4) is 0 Å². The molecule has 0 saturated heterocycles. The summed E-state index contributed by atoms with van der Waals surface area (Å²) >= 11 is 0. The Bertz CT molecular complexity index is 753. The Labute approximate surface area is 148 Å². The Morgan fingerprint density at radius 2 is 1.80 bits per heavy atom. The zero-order valence-electron chi connectivity index (χ0n) is 14.5. The third kappa shape index (κ3) is 4.47. The van der Waals surface area contributed by atoms with Crippen molar-refractivity contribution in [2.75, 3.05) is 6.54 Å². The molecule has 1 atom stereocenters. The quantitative estimate of drug-likeness (QED) is 0.881. The molecule has 0 fully saturated rings. The van der Waals surface area contributed by atoms with Gasteiger partial charge in [0.1, 0.15) is 0 Å². The highest BCUT2D eigenvalue weighted by Gasteiger charge is 2.20. The van der Waals surface area contributed by atoms with Crippen molar-refractivity contribution >= 4 is 11.8 Å². The molecule has 1 aliphatic rings. The van der Waals surface area contributed by atoms with Gasteiger partial charge < -0.3 is 10.6 Å². The van der Waals surface area contributed by atoms with E-state index in [1.54, 1.807) is 12.1 Å². The summed E-state index contributed by atoms with van der Waals surface area (Å²) in [6, 6.07) is 15.9. The van der Waals surface area contributed by atoms with Gasteiger partial charge in [-0.15, -0.1) is 0 Å². The minimum absolute atomic E-state index is 0.0471. The highest BCUT2D eigenvalue weighted by molar-refractivity contribution is 5.94. The van der Waals surface area contributed by atoms with Crippen molar-refractivity contribution in [3.63, 3.8) is 0 Å². The van der Waals surface area contributed by atoms with E-state index in [0.29, 0.717) is 24.6 Å². The summed E-state index contributed by atoms with van der Waals surface area (Å²) in [5.41, 5.74) is 4.42. The number of amides is 2. The molecule has 1 aliphatic carbocycles. The maximum Gasteiger partial charge on any atom is 0.251 e. The van der Waals surface area contributed by atoms with Crippen LogP contribution >= 0.6 is 0 Å². The van der Waals surface area contributed by atoms with Crippen LogP contribution in [0.5, 0.6) is 0 Å². The van der Waals surface area contributed by atoms with Crippen molar-refractivity contribution in [3.05, 3.63) is 70.8 Å². The maximum atomic E-state index is 12.4. The molecule has 0 radical (unpaired) electrons. The molecular weight excluding hydrogens is 312 g/mol. The molecule has 2 aromatic rings. The number of nitrogens with one attached hydrogen (secondary N) is 2. The number of aryl methyl sites for hydroxylation is 1. The predicted molar refractivity (Wildman–Crippen MR) is 98.4 cm³/mol. The normalized spacial score (nSPS) is 16.0. The van der Waals surface area contributed by atoms with E-state index in [0.717, 1.165) is 18.4 Å². The maximum absolute atomic E-state index is 12.4. The molecule has 2 amide bonds. The first-order valence-corrected chi connectivity index (χ1v) is 8.83. The first-order chi connectivity index (χ1) is 12.1. The Morgan fingerprint density at radius 1 is 1.04 bits per heavy atom. The number of fused-ring (bicyclic) bond motifs is 1. The van der Waals surface area contributed by atoms with E-state index in [4.69, 9.17) is 0 Å². The van der Waals surface area contributed by atoms with Gasteiger partial charge in [0.2, 0.25) is 5.91 Å². The van der Waals surface area contributed by atoms with E-state index in [1.165, 1.54) is 24.5 Å². The predicted octanol–water partition coefficient (Wildman–Crippen LogP) is 3.17. The van der Waals surface area contributed by atoms with E-state index in [9.17, 15) is 9.59 Å². The fourth-order valence-corrected chi connectivity index (χ4v) is 3.39. The minimum Gasteiger partial charge on any atom is -0.352 e. The van der Waals surface area contributed by atoms with Gasteiger partial charge in [0.05, 0.1) is 0 Å². The molecule has 2 N–H and O–H groups in total. The van der Waals surface area contributed by atoms with Crippen molar-refractivity contribution in [2.45, 2.75) is 38.6 Å². The second-order valence-corrected chi connectivity index (χ2v) is 6.60. The monoisotopic (exact) mass is 336 g/mol. The van der Waals surface area contributed by atoms with Gasteiger partial charge in [-0.3, -0.25) is 9.59 Å². The topological polar surface area (TPSA) is 58.2 Å². The van der Waals surface area contributed by atoms with Crippen LogP contribution in [-0.2, 0) is 17.8 Å². The SMILES string of the molecule is CC(=O)NCc1ccc(C(=O)NCC2CCCc3ccccc32)cc1. The molecule has 4 heteroatoms. The Morgan fingerprint density at radius 3 is 2.56 bits per heavy atom. The highest BCUT2D eigenvalue weighted by Crippen LogP contribution is 2.30. The van der Waals surface area contributed by atoms with E-state index in [1.807, 2.05) is 12.1 Å². The van der Waals surface area contributed by atoms with Crippen molar-refractivity contribution < 1.29 is 9.59 Å². The van der Waals surface area contributed by atoms with Gasteiger partial charge in [0, 0.05) is 31.5 Å². The fourth-order valence-electron chi connectivity index (χ4n) is 3.39. The third-order valence-electron chi connectivity index (χ3n) is 4.76. The molecule has 0 heterocycles. The molecular formula is C21H24N2O2. The zero-order chi connectivity index (χ0) is 17.6. The first kappa shape index (κ1) is 17.2. The first-order valence-electron chi connectivity index (χ1n) is 8.83. The summed E-state index contributed by atoms with van der Waals surface area (Å²) in [4.78, 5) is 23.3. The molecule has 2 aromatic carbocycles. The van der Waals surface area contributed by atoms with Gasteiger partial charge in [-0.25, -0.2) is 0 Å². The van der Waals surface area contributed by atoms with E-state index in [2.05, 4.69) is 34.9 Å². The molecule has 0 aliphatic heterocycles. The van der Waals surface area contributed by atoms with Crippen LogP contribution in [0.15, 0.2) is 48.5 Å². The van der Waals surface area contributed by atoms with Gasteiger partial charge >= 0.3 is 0 Å². The molecule has 1 unspecified atom stereocenters. The lowest BCUT2D eigenvalue weighted by Gasteiger charge is -2.25. The molecule has 0 aromatic heterocycles. The average molecular weight is 336 g/mol. The van der Waals surface area contributed by atoms with Gasteiger partial charge in [0.25, 0.3) is 5.91 Å². The summed E-state index contributed by atoms with van der Waals surface area (Å²) in [5, 5.41) is 5.82. The molecule has 3 rings (SSSR count). The van der Waals surface area contributed by atoms with Crippen LogP contribution in [-0.4, -0.2) is 18.4 Å². The van der Waals surface area contributed by atoms with Gasteiger partial charge in [-0.1, -0.05) is 36.4 Å². The zero-order valence-corrected chi connectivity index (χ0v) is 14.5. The van der Waals surface area contributed by atoms with E-state index >= 15 is 0 Å². The second-order valence-electron chi connectivity index (χ2n) is 6.60. The second kappa shape index (κ2) is 7.97. The number of rotatable bonds is 5. The van der Waals surface area contributed by atoms with Crippen LogP contribution in [0, 0.1) is 0 Å². The summed E-state index contributed by atoms with van der Waals surface area (Å²) in [5.74, 6) is 0.289. The average Bonchev–Trinajstić information content (AvgIpc) is 2.64. The smallest absolute Gasteiger partial charge is 0.251 e. The number of carbonyl (C=O) groups excluding carboxylic acids is 2. The lowest BCUT2D eigenvalue weighted by molar-refractivity contribution is -0.119. The van der Waals surface area contributed by atoms with Crippen molar-refractivity contribution in [2.24, 2.45) is 0 Å². The van der Waals surface area contributed by atoms with Crippen LogP contribution in [0.4, 0.5) is 0 Å². The number of hydrogen-bond acceptors (Lipinski definition) is 2. The molecule has 0 bridgehead atoms. The molecule has 25 heavy (non-hydrogen) atoms. The van der Waals surface area contributed by atoms with Crippen LogP contribution in [0.2, 0.25) is 0 Å². The van der Waals surface area contributed by atoms with Crippen molar-refractivity contribution in [1.29, 1.82) is 0 Å². The fraction of sp³-hybridized carbons (Fsp3) is 0.333. The van der Waals surface area contributed by atoms with Crippen LogP contribution in [0.25, 0.3) is 0 Å². The Hall–Kier alpha value is -2.62. The van der Waals surface area contributed by atoms with Gasteiger partial charge in [0.15, 0.2) is 0 Å². The van der Waals surface area contributed by atoms with E-state index in [-0.39, 0.29) is 11.8 Å².